The third-order valence-electron chi connectivity index (χ3n) is 3.13. The molecular weight excluding hydrogens is 252 g/mol. The van der Waals surface area contributed by atoms with Crippen LogP contribution in [-0.2, 0) is 14.8 Å². The van der Waals surface area contributed by atoms with Crippen LogP contribution in [0.5, 0.6) is 0 Å². The van der Waals surface area contributed by atoms with Gasteiger partial charge in [-0.1, -0.05) is 13.8 Å². The Morgan fingerprint density at radius 2 is 2.11 bits per heavy atom. The van der Waals surface area contributed by atoms with Crippen molar-refractivity contribution >= 4 is 10.0 Å². The summed E-state index contributed by atoms with van der Waals surface area (Å²) < 4.78 is 31.3. The van der Waals surface area contributed by atoms with Crippen LogP contribution < -0.4 is 5.32 Å². The molecule has 1 rings (SSSR count). The van der Waals surface area contributed by atoms with E-state index < -0.39 is 10.0 Å². The van der Waals surface area contributed by atoms with E-state index in [2.05, 4.69) is 12.2 Å². The molecule has 6 heteroatoms. The molecule has 1 saturated heterocycles. The zero-order valence-electron chi connectivity index (χ0n) is 11.5. The van der Waals surface area contributed by atoms with Crippen molar-refractivity contribution in [3.05, 3.63) is 0 Å². The molecule has 108 valence electrons. The van der Waals surface area contributed by atoms with Gasteiger partial charge in [0.1, 0.15) is 0 Å². The van der Waals surface area contributed by atoms with E-state index in [0.717, 1.165) is 25.9 Å². The average molecular weight is 278 g/mol. The number of sulfonamides is 1. The van der Waals surface area contributed by atoms with Gasteiger partial charge in [0.2, 0.25) is 10.0 Å². The third kappa shape index (κ3) is 5.22. The highest BCUT2D eigenvalue weighted by molar-refractivity contribution is 7.89. The summed E-state index contributed by atoms with van der Waals surface area (Å²) in [6.07, 6.45) is 2.68. The fourth-order valence-corrected chi connectivity index (χ4v) is 3.52. The molecule has 1 N–H and O–H groups in total. The molecule has 5 nitrogen and oxygen atoms in total. The van der Waals surface area contributed by atoms with Crippen LogP contribution in [0, 0.1) is 0 Å². The SMILES string of the molecule is CCCNCCCS(=O)(=O)N1CCOC(CC)C1. The summed E-state index contributed by atoms with van der Waals surface area (Å²) in [5.41, 5.74) is 0. The topological polar surface area (TPSA) is 58.6 Å². The highest BCUT2D eigenvalue weighted by atomic mass is 32.2. The van der Waals surface area contributed by atoms with Gasteiger partial charge in [0.05, 0.1) is 18.5 Å². The van der Waals surface area contributed by atoms with Crippen LogP contribution in [0.4, 0.5) is 0 Å². The first-order valence-corrected chi connectivity index (χ1v) is 8.51. The Balaban J connectivity index is 2.33. The van der Waals surface area contributed by atoms with Crippen molar-refractivity contribution in [2.24, 2.45) is 0 Å². The lowest BCUT2D eigenvalue weighted by atomic mass is 10.2. The van der Waals surface area contributed by atoms with Crippen molar-refractivity contribution in [2.75, 3.05) is 38.5 Å². The summed E-state index contributed by atoms with van der Waals surface area (Å²) in [5, 5.41) is 3.22. The van der Waals surface area contributed by atoms with Gasteiger partial charge in [-0.15, -0.1) is 0 Å². The van der Waals surface area contributed by atoms with E-state index >= 15 is 0 Å². The van der Waals surface area contributed by atoms with E-state index in [-0.39, 0.29) is 11.9 Å². The molecule has 1 atom stereocenters. The van der Waals surface area contributed by atoms with Crippen molar-refractivity contribution in [1.82, 2.24) is 9.62 Å². The zero-order valence-corrected chi connectivity index (χ0v) is 12.3. The van der Waals surface area contributed by atoms with Gasteiger partial charge in [-0.25, -0.2) is 8.42 Å². The third-order valence-corrected chi connectivity index (χ3v) is 5.06. The molecule has 0 aliphatic carbocycles. The summed E-state index contributed by atoms with van der Waals surface area (Å²) in [6, 6.07) is 0. The molecule has 18 heavy (non-hydrogen) atoms. The van der Waals surface area contributed by atoms with E-state index in [9.17, 15) is 8.42 Å². The lowest BCUT2D eigenvalue weighted by Gasteiger charge is -2.31. The lowest BCUT2D eigenvalue weighted by Crippen LogP contribution is -2.46. The predicted octanol–water partition coefficient (Wildman–Crippen LogP) is 0.817. The Morgan fingerprint density at radius 3 is 2.78 bits per heavy atom. The largest absolute Gasteiger partial charge is 0.375 e. The number of morpholine rings is 1. The van der Waals surface area contributed by atoms with Gasteiger partial charge < -0.3 is 10.1 Å². The van der Waals surface area contributed by atoms with Crippen molar-refractivity contribution in [3.63, 3.8) is 0 Å². The molecule has 0 aromatic rings. The molecule has 0 aromatic carbocycles. The summed E-state index contributed by atoms with van der Waals surface area (Å²) in [7, 11) is -3.10. The van der Waals surface area contributed by atoms with Crippen LogP contribution in [0.3, 0.4) is 0 Å². The average Bonchev–Trinajstić information content (AvgIpc) is 2.38. The van der Waals surface area contributed by atoms with Crippen LogP contribution >= 0.6 is 0 Å². The molecule has 0 spiro atoms. The maximum atomic E-state index is 12.1. The molecule has 0 radical (unpaired) electrons. The van der Waals surface area contributed by atoms with Gasteiger partial charge in [-0.2, -0.15) is 4.31 Å². The Kier molecular flexibility index (Phi) is 7.14. The van der Waals surface area contributed by atoms with Crippen LogP contribution in [0.15, 0.2) is 0 Å². The standard InChI is InChI=1S/C12H26N2O3S/c1-3-6-13-7-5-10-18(15,16)14-8-9-17-12(4-2)11-14/h12-13H,3-11H2,1-2H3. The second-order valence-electron chi connectivity index (χ2n) is 4.68. The van der Waals surface area contributed by atoms with E-state index in [4.69, 9.17) is 4.74 Å². The van der Waals surface area contributed by atoms with Crippen LogP contribution in [0.25, 0.3) is 0 Å². The van der Waals surface area contributed by atoms with Crippen LogP contribution in [-0.4, -0.2) is 57.4 Å². The monoisotopic (exact) mass is 278 g/mol. The number of hydrogen-bond acceptors (Lipinski definition) is 4. The van der Waals surface area contributed by atoms with E-state index in [1.165, 1.54) is 0 Å². The zero-order chi connectivity index (χ0) is 13.4. The summed E-state index contributed by atoms with van der Waals surface area (Å²) in [6.45, 7) is 7.39. The molecule has 1 aliphatic heterocycles. The van der Waals surface area contributed by atoms with Crippen molar-refractivity contribution in [2.45, 2.75) is 39.2 Å². The lowest BCUT2D eigenvalue weighted by molar-refractivity contribution is -0.00277. The number of nitrogens with zero attached hydrogens (tertiary/aromatic N) is 1. The van der Waals surface area contributed by atoms with Crippen LogP contribution in [0.2, 0.25) is 0 Å². The van der Waals surface area contributed by atoms with Gasteiger partial charge in [0.25, 0.3) is 0 Å². The molecule has 1 aliphatic rings. The molecule has 0 aromatic heterocycles. The minimum absolute atomic E-state index is 0.0618. The quantitative estimate of drug-likeness (QED) is 0.668. The molecular formula is C12H26N2O3S. The number of hydrogen-bond donors (Lipinski definition) is 1. The Hall–Kier alpha value is -0.170. The van der Waals surface area contributed by atoms with Crippen molar-refractivity contribution in [1.29, 1.82) is 0 Å². The van der Waals surface area contributed by atoms with Gasteiger partial charge in [-0.3, -0.25) is 0 Å². The molecule has 0 bridgehead atoms. The van der Waals surface area contributed by atoms with Gasteiger partial charge in [0.15, 0.2) is 0 Å². The van der Waals surface area contributed by atoms with Crippen molar-refractivity contribution in [3.8, 4) is 0 Å². The highest BCUT2D eigenvalue weighted by Crippen LogP contribution is 2.13. The first kappa shape index (κ1) is 15.9. The fourth-order valence-electron chi connectivity index (χ4n) is 2.00. The number of nitrogens with one attached hydrogen (secondary N) is 1. The second-order valence-corrected chi connectivity index (χ2v) is 6.77. The van der Waals surface area contributed by atoms with Crippen LogP contribution in [0.1, 0.15) is 33.1 Å². The molecule has 1 fully saturated rings. The second kappa shape index (κ2) is 8.09. The van der Waals surface area contributed by atoms with E-state index in [1.54, 1.807) is 4.31 Å². The Morgan fingerprint density at radius 1 is 1.33 bits per heavy atom. The Bertz CT molecular complexity index is 319. The predicted molar refractivity (Wildman–Crippen MR) is 73.2 cm³/mol. The fraction of sp³-hybridized carbons (Fsp3) is 1.00. The molecule has 0 saturated carbocycles. The van der Waals surface area contributed by atoms with E-state index in [1.807, 2.05) is 6.92 Å². The summed E-state index contributed by atoms with van der Waals surface area (Å²) in [5.74, 6) is 0.236. The van der Waals surface area contributed by atoms with Gasteiger partial charge >= 0.3 is 0 Å². The maximum absolute atomic E-state index is 12.1. The number of rotatable bonds is 8. The summed E-state index contributed by atoms with van der Waals surface area (Å²) >= 11 is 0. The first-order valence-electron chi connectivity index (χ1n) is 6.90. The maximum Gasteiger partial charge on any atom is 0.214 e. The van der Waals surface area contributed by atoms with E-state index in [0.29, 0.717) is 26.1 Å². The summed E-state index contributed by atoms with van der Waals surface area (Å²) in [4.78, 5) is 0. The minimum Gasteiger partial charge on any atom is -0.375 e. The van der Waals surface area contributed by atoms with Crippen molar-refractivity contribution < 1.29 is 13.2 Å². The Labute approximate surface area is 111 Å². The smallest absolute Gasteiger partial charge is 0.214 e. The minimum atomic E-state index is -3.10. The molecule has 0 amide bonds. The van der Waals surface area contributed by atoms with Gasteiger partial charge in [-0.05, 0) is 32.4 Å². The molecule has 1 heterocycles. The number of ether oxygens (including phenoxy) is 1. The van der Waals surface area contributed by atoms with Gasteiger partial charge in [0, 0.05) is 13.1 Å². The highest BCUT2D eigenvalue weighted by Gasteiger charge is 2.27. The normalized spacial score (nSPS) is 22.2. The molecule has 1 unspecified atom stereocenters. The first-order chi connectivity index (χ1) is 8.60.